The number of benzene rings is 1. The Bertz CT molecular complexity index is 578. The van der Waals surface area contributed by atoms with E-state index >= 15 is 0 Å². The van der Waals surface area contributed by atoms with Gasteiger partial charge in [-0.1, -0.05) is 25.1 Å². The highest BCUT2D eigenvalue weighted by atomic mass is 16.7. The van der Waals surface area contributed by atoms with Crippen molar-refractivity contribution in [2.24, 2.45) is 0 Å². The second-order valence-electron chi connectivity index (χ2n) is 5.71. The van der Waals surface area contributed by atoms with E-state index in [4.69, 9.17) is 28.8 Å². The Hall–Kier alpha value is -2.04. The number of hydrogen-bond donors (Lipinski definition) is 2. The quantitative estimate of drug-likeness (QED) is 0.240. The molecule has 9 heteroatoms. The number of carbonyl (C=O) groups excluding carboxylic acids is 1. The molecule has 0 aliphatic carbocycles. The van der Waals surface area contributed by atoms with E-state index in [0.717, 1.165) is 0 Å². The zero-order valence-electron chi connectivity index (χ0n) is 16.2. The number of carboxylic acid groups (broad SMARTS) is 1. The highest BCUT2D eigenvalue weighted by molar-refractivity contribution is 6.08. The summed E-state index contributed by atoms with van der Waals surface area (Å²) in [6.07, 6.45) is -1.45. The molecule has 0 amide bonds. The van der Waals surface area contributed by atoms with Crippen molar-refractivity contribution < 1.29 is 43.5 Å². The van der Waals surface area contributed by atoms with Gasteiger partial charge in [-0.15, -0.1) is 0 Å². The fourth-order valence-corrected chi connectivity index (χ4v) is 2.33. The van der Waals surface area contributed by atoms with Crippen LogP contribution in [0.4, 0.5) is 0 Å². The average molecular weight is 400 g/mol. The first-order chi connectivity index (χ1) is 13.5. The van der Waals surface area contributed by atoms with Crippen LogP contribution < -0.4 is 4.74 Å². The molecule has 158 valence electrons. The van der Waals surface area contributed by atoms with Gasteiger partial charge in [0.2, 0.25) is 17.7 Å². The third-order valence-electron chi connectivity index (χ3n) is 3.81. The van der Waals surface area contributed by atoms with E-state index in [0.29, 0.717) is 5.75 Å². The Morgan fingerprint density at radius 1 is 1.11 bits per heavy atom. The molecule has 0 bridgehead atoms. The third-order valence-corrected chi connectivity index (χ3v) is 3.81. The number of para-hydroxylation sites is 1. The number of methoxy groups -OCH3 is 1. The van der Waals surface area contributed by atoms with Gasteiger partial charge >= 0.3 is 5.97 Å². The van der Waals surface area contributed by atoms with Crippen LogP contribution in [0.3, 0.4) is 0 Å². The number of aliphatic hydroxyl groups is 1. The van der Waals surface area contributed by atoms with Gasteiger partial charge in [0.15, 0.2) is 0 Å². The molecule has 2 atom stereocenters. The second kappa shape index (κ2) is 13.2. The van der Waals surface area contributed by atoms with Crippen molar-refractivity contribution in [3.05, 3.63) is 30.3 Å². The van der Waals surface area contributed by atoms with Gasteiger partial charge in [0.1, 0.15) is 19.1 Å². The van der Waals surface area contributed by atoms with Crippen molar-refractivity contribution in [1.29, 1.82) is 0 Å². The standard InChI is InChI=1S/C19H28O9/c1-3-19(18(22)23,28-11-7-10-20)16(21)17(27-14-24-2)26-13-12-25-15-8-5-4-6-9-15/h4-6,8-9,17,20H,3,7,10-14H2,1-2H3,(H,22,23). The van der Waals surface area contributed by atoms with Crippen LogP contribution in [-0.4, -0.2) is 74.2 Å². The summed E-state index contributed by atoms with van der Waals surface area (Å²) in [4.78, 5) is 24.7. The maximum atomic E-state index is 12.9. The molecule has 0 aliphatic heterocycles. The van der Waals surface area contributed by atoms with Gasteiger partial charge < -0.3 is 33.9 Å². The van der Waals surface area contributed by atoms with E-state index in [1.165, 1.54) is 14.0 Å². The van der Waals surface area contributed by atoms with E-state index in [9.17, 15) is 14.7 Å². The van der Waals surface area contributed by atoms with Crippen molar-refractivity contribution in [1.82, 2.24) is 0 Å². The lowest BCUT2D eigenvalue weighted by Crippen LogP contribution is -2.54. The Morgan fingerprint density at radius 3 is 2.39 bits per heavy atom. The van der Waals surface area contributed by atoms with Crippen molar-refractivity contribution in [2.45, 2.75) is 31.7 Å². The van der Waals surface area contributed by atoms with Gasteiger partial charge in [-0.2, -0.15) is 0 Å². The smallest absolute Gasteiger partial charge is 0.344 e. The summed E-state index contributed by atoms with van der Waals surface area (Å²) in [6, 6.07) is 9.02. The molecule has 28 heavy (non-hydrogen) atoms. The Balaban J connectivity index is 2.77. The lowest BCUT2D eigenvalue weighted by atomic mass is 9.94. The monoisotopic (exact) mass is 400 g/mol. The number of ether oxygens (including phenoxy) is 5. The first-order valence-corrected chi connectivity index (χ1v) is 8.94. The minimum Gasteiger partial charge on any atom is -0.491 e. The van der Waals surface area contributed by atoms with Crippen LogP contribution in [0.25, 0.3) is 0 Å². The highest BCUT2D eigenvalue weighted by Crippen LogP contribution is 2.22. The van der Waals surface area contributed by atoms with Gasteiger partial charge in [0.05, 0.1) is 13.2 Å². The molecule has 0 radical (unpaired) electrons. The molecule has 1 rings (SSSR count). The number of ketones is 1. The SMILES string of the molecule is CCC(OCCCO)(C(=O)O)C(=O)C(OCCOc1ccccc1)OCOC. The molecule has 0 spiro atoms. The van der Waals surface area contributed by atoms with Crippen LogP contribution in [0, 0.1) is 0 Å². The normalized spacial score (nSPS) is 14.2. The Morgan fingerprint density at radius 2 is 1.82 bits per heavy atom. The summed E-state index contributed by atoms with van der Waals surface area (Å²) in [5.74, 6) is -1.71. The van der Waals surface area contributed by atoms with Crippen LogP contribution >= 0.6 is 0 Å². The van der Waals surface area contributed by atoms with Gasteiger partial charge in [0, 0.05) is 13.7 Å². The van der Waals surface area contributed by atoms with Crippen LogP contribution in [0.5, 0.6) is 5.75 Å². The molecule has 1 aromatic rings. The summed E-state index contributed by atoms with van der Waals surface area (Å²) < 4.78 is 26.3. The number of hydrogen-bond acceptors (Lipinski definition) is 8. The molecule has 0 heterocycles. The average Bonchev–Trinajstić information content (AvgIpc) is 2.71. The third kappa shape index (κ3) is 7.17. The molecule has 0 aliphatic rings. The largest absolute Gasteiger partial charge is 0.491 e. The maximum Gasteiger partial charge on any atom is 0.344 e. The molecule has 2 N–H and O–H groups in total. The Labute approximate surface area is 164 Å². The fourth-order valence-electron chi connectivity index (χ4n) is 2.33. The minimum absolute atomic E-state index is 0.0227. The predicted octanol–water partition coefficient (Wildman–Crippen LogP) is 1.23. The Kier molecular flexibility index (Phi) is 11.3. The van der Waals surface area contributed by atoms with Crippen LogP contribution in [0.1, 0.15) is 19.8 Å². The molecule has 2 unspecified atom stereocenters. The summed E-state index contributed by atoms with van der Waals surface area (Å²) in [7, 11) is 1.36. The van der Waals surface area contributed by atoms with E-state index in [-0.39, 0.29) is 46.1 Å². The van der Waals surface area contributed by atoms with Crippen molar-refractivity contribution in [2.75, 3.05) is 40.3 Å². The number of Topliss-reactive ketones (excluding diaryl/α,β-unsaturated/α-hetero) is 1. The number of carbonyl (C=O) groups is 2. The zero-order valence-corrected chi connectivity index (χ0v) is 16.2. The van der Waals surface area contributed by atoms with E-state index in [1.807, 2.05) is 18.2 Å². The number of aliphatic hydroxyl groups excluding tert-OH is 1. The van der Waals surface area contributed by atoms with Crippen molar-refractivity contribution in [3.63, 3.8) is 0 Å². The molecular formula is C19H28O9. The van der Waals surface area contributed by atoms with Crippen molar-refractivity contribution in [3.8, 4) is 5.75 Å². The molecule has 0 saturated carbocycles. The molecule has 0 aromatic heterocycles. The summed E-state index contributed by atoms with van der Waals surface area (Å²) in [5.41, 5.74) is -2.14. The first kappa shape index (κ1) is 24.0. The lowest BCUT2D eigenvalue weighted by molar-refractivity contribution is -0.215. The zero-order chi connectivity index (χ0) is 20.8. The first-order valence-electron chi connectivity index (χ1n) is 8.94. The molecule has 0 fully saturated rings. The number of rotatable bonds is 16. The highest BCUT2D eigenvalue weighted by Gasteiger charge is 2.49. The van der Waals surface area contributed by atoms with E-state index in [2.05, 4.69) is 0 Å². The maximum absolute atomic E-state index is 12.9. The fraction of sp³-hybridized carbons (Fsp3) is 0.579. The lowest BCUT2D eigenvalue weighted by Gasteiger charge is -2.30. The molecule has 9 nitrogen and oxygen atoms in total. The molecule has 1 aromatic carbocycles. The number of aliphatic carboxylic acids is 1. The second-order valence-corrected chi connectivity index (χ2v) is 5.71. The molecular weight excluding hydrogens is 372 g/mol. The summed E-state index contributed by atoms with van der Waals surface area (Å²) in [5, 5.41) is 18.5. The van der Waals surface area contributed by atoms with Crippen LogP contribution in [0.2, 0.25) is 0 Å². The van der Waals surface area contributed by atoms with E-state index in [1.54, 1.807) is 12.1 Å². The number of carboxylic acids is 1. The summed E-state index contributed by atoms with van der Waals surface area (Å²) in [6.45, 7) is 1.05. The van der Waals surface area contributed by atoms with E-state index < -0.39 is 23.6 Å². The summed E-state index contributed by atoms with van der Waals surface area (Å²) >= 11 is 0. The minimum atomic E-state index is -2.14. The topological polar surface area (TPSA) is 121 Å². The van der Waals surface area contributed by atoms with Crippen LogP contribution in [-0.2, 0) is 28.5 Å². The van der Waals surface area contributed by atoms with Gasteiger partial charge in [-0.25, -0.2) is 4.79 Å². The predicted molar refractivity (Wildman–Crippen MR) is 98.0 cm³/mol. The van der Waals surface area contributed by atoms with Gasteiger partial charge in [-0.3, -0.25) is 4.79 Å². The van der Waals surface area contributed by atoms with Gasteiger partial charge in [0.25, 0.3) is 0 Å². The van der Waals surface area contributed by atoms with Crippen LogP contribution in [0.15, 0.2) is 30.3 Å². The molecule has 0 saturated heterocycles. The van der Waals surface area contributed by atoms with Crippen molar-refractivity contribution >= 4 is 11.8 Å². The van der Waals surface area contributed by atoms with Gasteiger partial charge in [-0.05, 0) is 25.0 Å².